The Kier molecular flexibility index (Phi) is 4.35. The van der Waals surface area contributed by atoms with Crippen molar-refractivity contribution >= 4 is 20.0 Å². The third-order valence-electron chi connectivity index (χ3n) is 2.33. The average Bonchev–Trinajstić information content (AvgIpc) is 3.04. The van der Waals surface area contributed by atoms with Crippen LogP contribution >= 0.6 is 0 Å². The number of nitrogens with zero attached hydrogens (tertiary/aromatic N) is 1. The zero-order valence-corrected chi connectivity index (χ0v) is 11.9. The van der Waals surface area contributed by atoms with Gasteiger partial charge in [0, 0.05) is 13.1 Å². The summed E-state index contributed by atoms with van der Waals surface area (Å²) in [5, 5.41) is 0. The first kappa shape index (κ1) is 13.8. The van der Waals surface area contributed by atoms with Gasteiger partial charge < -0.3 is 9.64 Å². The highest BCUT2D eigenvalue weighted by molar-refractivity contribution is 6.83. The molecule has 0 aromatic heterocycles. The second-order valence-electron chi connectivity index (χ2n) is 5.28. The lowest BCUT2D eigenvalue weighted by atomic mass is 10.5. The molecule has 0 radical (unpaired) electrons. The summed E-state index contributed by atoms with van der Waals surface area (Å²) in [5.74, 6) is 1.42. The molecule has 0 bridgehead atoms. The number of likely N-dealkylation sites (N-methyl/N-ethyl adjacent to an activating group) is 1. The second-order valence-corrected chi connectivity index (χ2v) is 10.0. The maximum atomic E-state index is 11.5. The minimum absolute atomic E-state index is 0.00729. The summed E-state index contributed by atoms with van der Waals surface area (Å²) in [6.45, 7) is 6.32. The summed E-state index contributed by atoms with van der Waals surface area (Å²) < 4.78 is 4.82. The van der Waals surface area contributed by atoms with Gasteiger partial charge >= 0.3 is 11.9 Å². The molecule has 94 valence electrons. The van der Waals surface area contributed by atoms with E-state index in [0.29, 0.717) is 0 Å². The van der Waals surface area contributed by atoms with Crippen molar-refractivity contribution < 1.29 is 14.3 Å². The summed E-state index contributed by atoms with van der Waals surface area (Å²) in [7, 11) is 0.200. The van der Waals surface area contributed by atoms with Crippen LogP contribution in [0.4, 0.5) is 0 Å². The fourth-order valence-electron chi connectivity index (χ4n) is 1.24. The molecule has 1 rings (SSSR count). The fraction of sp³-hybridized carbons (Fsp3) is 0.667. The van der Waals surface area contributed by atoms with Gasteiger partial charge in [0.1, 0.15) is 8.07 Å². The van der Waals surface area contributed by atoms with Crippen LogP contribution in [-0.2, 0) is 14.3 Å². The van der Waals surface area contributed by atoms with Crippen LogP contribution in [0.25, 0.3) is 0 Å². The zero-order chi connectivity index (χ0) is 13.1. The minimum atomic E-state index is -1.43. The first-order chi connectivity index (χ1) is 7.81. The third-order valence-corrected chi connectivity index (χ3v) is 3.26. The van der Waals surface area contributed by atoms with E-state index in [9.17, 15) is 9.59 Å². The van der Waals surface area contributed by atoms with E-state index >= 15 is 0 Å². The molecule has 0 N–H and O–H groups in total. The normalized spacial score (nSPS) is 14.6. The highest BCUT2D eigenvalue weighted by Gasteiger charge is 2.33. The van der Waals surface area contributed by atoms with E-state index in [1.165, 1.54) is 4.90 Å². The molecule has 1 saturated carbocycles. The lowest BCUT2D eigenvalue weighted by molar-refractivity contribution is -0.158. The van der Waals surface area contributed by atoms with Gasteiger partial charge in [-0.25, -0.2) is 4.79 Å². The van der Waals surface area contributed by atoms with Crippen molar-refractivity contribution in [3.63, 3.8) is 0 Å². The minimum Gasteiger partial charge on any atom is -0.445 e. The van der Waals surface area contributed by atoms with Gasteiger partial charge in [-0.15, -0.1) is 5.54 Å². The van der Waals surface area contributed by atoms with Crippen LogP contribution in [0.5, 0.6) is 0 Å². The molecule has 0 aromatic rings. The van der Waals surface area contributed by atoms with Gasteiger partial charge in [0.2, 0.25) is 0 Å². The molecular formula is C12H19NO3Si. The van der Waals surface area contributed by atoms with Crippen molar-refractivity contribution in [3.8, 4) is 11.5 Å². The van der Waals surface area contributed by atoms with Crippen LogP contribution in [0.3, 0.4) is 0 Å². The summed E-state index contributed by atoms with van der Waals surface area (Å²) in [6.07, 6.45) is 1.95. The van der Waals surface area contributed by atoms with Crippen molar-refractivity contribution in [1.29, 1.82) is 0 Å². The molecule has 4 nitrogen and oxygen atoms in total. The van der Waals surface area contributed by atoms with Gasteiger partial charge in [-0.3, -0.25) is 4.79 Å². The maximum absolute atomic E-state index is 11.5. The predicted molar refractivity (Wildman–Crippen MR) is 67.9 cm³/mol. The number of ether oxygens (including phenoxy) is 1. The number of hydrogen-bond acceptors (Lipinski definition) is 3. The van der Waals surface area contributed by atoms with Gasteiger partial charge in [0.05, 0.1) is 0 Å². The van der Waals surface area contributed by atoms with Crippen LogP contribution in [0.1, 0.15) is 12.8 Å². The summed E-state index contributed by atoms with van der Waals surface area (Å²) in [5.41, 5.74) is 3.07. The first-order valence-corrected chi connectivity index (χ1v) is 9.25. The van der Waals surface area contributed by atoms with E-state index in [4.69, 9.17) is 4.74 Å². The molecule has 5 heteroatoms. The highest BCUT2D eigenvalue weighted by Crippen LogP contribution is 2.25. The average molecular weight is 253 g/mol. The standard InChI is InChI=1S/C12H19NO3Si/c1-13(10-6-7-10)11(14)12(15)16-8-5-9-17(2,3)4/h10H,6-8H2,1-4H3. The van der Waals surface area contributed by atoms with Crippen molar-refractivity contribution in [2.75, 3.05) is 13.7 Å². The molecule has 1 aliphatic rings. The second kappa shape index (κ2) is 5.37. The monoisotopic (exact) mass is 253 g/mol. The SMILES string of the molecule is CN(C(=O)C(=O)OCC#C[Si](C)(C)C)C1CC1. The van der Waals surface area contributed by atoms with Crippen molar-refractivity contribution in [2.45, 2.75) is 38.5 Å². The smallest absolute Gasteiger partial charge is 0.397 e. The Morgan fingerprint density at radius 2 is 1.94 bits per heavy atom. The van der Waals surface area contributed by atoms with Gasteiger partial charge in [0.25, 0.3) is 0 Å². The van der Waals surface area contributed by atoms with Crippen molar-refractivity contribution in [1.82, 2.24) is 4.90 Å². The van der Waals surface area contributed by atoms with Crippen LogP contribution in [0, 0.1) is 11.5 Å². The lowest BCUT2D eigenvalue weighted by Crippen LogP contribution is -2.36. The molecule has 0 heterocycles. The van der Waals surface area contributed by atoms with Gasteiger partial charge in [0.15, 0.2) is 6.61 Å². The summed E-state index contributed by atoms with van der Waals surface area (Å²) >= 11 is 0. The van der Waals surface area contributed by atoms with E-state index in [1.54, 1.807) is 7.05 Å². The van der Waals surface area contributed by atoms with Crippen molar-refractivity contribution in [3.05, 3.63) is 0 Å². The fourth-order valence-corrected chi connectivity index (χ4v) is 1.84. The zero-order valence-electron chi connectivity index (χ0n) is 10.9. The number of carbonyl (C=O) groups excluding carboxylic acids is 2. The number of amides is 1. The molecule has 1 fully saturated rings. The number of hydrogen-bond donors (Lipinski definition) is 0. The summed E-state index contributed by atoms with van der Waals surface area (Å²) in [4.78, 5) is 24.4. The Balaban J connectivity index is 2.33. The van der Waals surface area contributed by atoms with Crippen LogP contribution < -0.4 is 0 Å². The third kappa shape index (κ3) is 5.05. The van der Waals surface area contributed by atoms with Crippen molar-refractivity contribution in [2.24, 2.45) is 0 Å². The molecule has 0 aliphatic heterocycles. The van der Waals surface area contributed by atoms with Crippen LogP contribution in [-0.4, -0.2) is 44.5 Å². The molecule has 0 saturated heterocycles. The van der Waals surface area contributed by atoms with Gasteiger partial charge in [-0.1, -0.05) is 25.6 Å². The van der Waals surface area contributed by atoms with E-state index in [-0.39, 0.29) is 12.6 Å². The molecule has 0 unspecified atom stereocenters. The Morgan fingerprint density at radius 3 is 2.41 bits per heavy atom. The van der Waals surface area contributed by atoms with E-state index in [2.05, 4.69) is 31.1 Å². The Hall–Kier alpha value is -1.28. The summed E-state index contributed by atoms with van der Waals surface area (Å²) in [6, 6.07) is 0.225. The quantitative estimate of drug-likeness (QED) is 0.320. The maximum Gasteiger partial charge on any atom is 0.397 e. The molecule has 0 atom stereocenters. The number of rotatable bonds is 2. The Morgan fingerprint density at radius 1 is 1.35 bits per heavy atom. The topological polar surface area (TPSA) is 46.6 Å². The predicted octanol–water partition coefficient (Wildman–Crippen LogP) is 1.03. The van der Waals surface area contributed by atoms with E-state index in [0.717, 1.165) is 12.8 Å². The molecule has 0 spiro atoms. The number of esters is 1. The molecule has 1 aliphatic carbocycles. The number of carbonyl (C=O) groups is 2. The van der Waals surface area contributed by atoms with Crippen LogP contribution in [0.2, 0.25) is 19.6 Å². The highest BCUT2D eigenvalue weighted by atomic mass is 28.3. The van der Waals surface area contributed by atoms with E-state index in [1.807, 2.05) is 0 Å². The largest absolute Gasteiger partial charge is 0.445 e. The van der Waals surface area contributed by atoms with Gasteiger partial charge in [-0.2, -0.15) is 0 Å². The molecule has 0 aromatic carbocycles. The molecule has 1 amide bonds. The first-order valence-electron chi connectivity index (χ1n) is 5.75. The van der Waals surface area contributed by atoms with E-state index < -0.39 is 20.0 Å². The van der Waals surface area contributed by atoms with Crippen LogP contribution in [0.15, 0.2) is 0 Å². The Bertz CT molecular complexity index is 371. The van der Waals surface area contributed by atoms with Gasteiger partial charge in [-0.05, 0) is 12.8 Å². The molecule has 17 heavy (non-hydrogen) atoms. The lowest BCUT2D eigenvalue weighted by Gasteiger charge is -2.14. The molecular weight excluding hydrogens is 234 g/mol. The Labute approximate surface area is 103 Å².